The summed E-state index contributed by atoms with van der Waals surface area (Å²) >= 11 is 0. The number of nitrogens with zero attached hydrogens (tertiary/aromatic N) is 2. The molecule has 0 radical (unpaired) electrons. The van der Waals surface area contributed by atoms with Crippen molar-refractivity contribution < 1.29 is 19.4 Å². The Balaban J connectivity index is 2.12. The maximum Gasteiger partial charge on any atom is 0.306 e. The molecule has 2 aromatic rings. The van der Waals surface area contributed by atoms with Crippen molar-refractivity contribution in [3.63, 3.8) is 0 Å². The predicted molar refractivity (Wildman–Crippen MR) is 88.7 cm³/mol. The average molecular weight is 330 g/mol. The molecule has 1 aromatic carbocycles. The summed E-state index contributed by atoms with van der Waals surface area (Å²) in [6.07, 6.45) is 6.79. The van der Waals surface area contributed by atoms with E-state index in [1.54, 1.807) is 19.4 Å². The van der Waals surface area contributed by atoms with Crippen LogP contribution in [0.2, 0.25) is 0 Å². The van der Waals surface area contributed by atoms with Gasteiger partial charge in [0.25, 0.3) is 0 Å². The molecule has 6 heteroatoms. The molecule has 0 amide bonds. The van der Waals surface area contributed by atoms with Gasteiger partial charge in [0, 0.05) is 31.8 Å². The first-order valence-corrected chi connectivity index (χ1v) is 8.01. The molecule has 0 aliphatic carbocycles. The maximum atomic E-state index is 11.5. The number of ether oxygens (including phenoxy) is 1. The number of aryl methyl sites for hydroxylation is 2. The van der Waals surface area contributed by atoms with Crippen LogP contribution in [0.15, 0.2) is 36.9 Å². The van der Waals surface area contributed by atoms with Gasteiger partial charge in [-0.3, -0.25) is 9.59 Å². The van der Waals surface area contributed by atoms with Crippen LogP contribution in [0.25, 0.3) is 0 Å². The van der Waals surface area contributed by atoms with Gasteiger partial charge in [0.05, 0.1) is 12.9 Å². The van der Waals surface area contributed by atoms with Crippen LogP contribution < -0.4 is 0 Å². The van der Waals surface area contributed by atoms with Crippen molar-refractivity contribution in [3.8, 4) is 0 Å². The molecule has 0 saturated carbocycles. The quantitative estimate of drug-likeness (QED) is 0.714. The van der Waals surface area contributed by atoms with Gasteiger partial charge in [0.15, 0.2) is 0 Å². The summed E-state index contributed by atoms with van der Waals surface area (Å²) in [5.41, 5.74) is 3.05. The number of aromatic nitrogens is 2. The van der Waals surface area contributed by atoms with Gasteiger partial charge in [-0.1, -0.05) is 18.2 Å². The molecule has 128 valence electrons. The van der Waals surface area contributed by atoms with Crippen LogP contribution in [0, 0.1) is 0 Å². The first-order valence-electron chi connectivity index (χ1n) is 8.01. The van der Waals surface area contributed by atoms with Gasteiger partial charge in [-0.2, -0.15) is 0 Å². The lowest BCUT2D eigenvalue weighted by atomic mass is 9.99. The van der Waals surface area contributed by atoms with E-state index in [0.717, 1.165) is 16.7 Å². The molecule has 1 N–H and O–H groups in total. The van der Waals surface area contributed by atoms with E-state index in [0.29, 0.717) is 32.4 Å². The summed E-state index contributed by atoms with van der Waals surface area (Å²) < 4.78 is 6.91. The molecular weight excluding hydrogens is 308 g/mol. The number of carbonyl (C=O) groups is 2. The number of hydrogen-bond acceptors (Lipinski definition) is 4. The van der Waals surface area contributed by atoms with E-state index in [-0.39, 0.29) is 12.4 Å². The molecule has 0 aliphatic rings. The number of imidazole rings is 1. The van der Waals surface area contributed by atoms with Crippen LogP contribution >= 0.6 is 0 Å². The molecule has 24 heavy (non-hydrogen) atoms. The molecule has 0 spiro atoms. The van der Waals surface area contributed by atoms with Crippen LogP contribution in [0.3, 0.4) is 0 Å². The fourth-order valence-corrected chi connectivity index (χ4v) is 2.54. The van der Waals surface area contributed by atoms with E-state index in [1.807, 2.05) is 29.0 Å². The zero-order valence-electron chi connectivity index (χ0n) is 13.8. The fraction of sp³-hybridized carbons (Fsp3) is 0.389. The van der Waals surface area contributed by atoms with E-state index in [4.69, 9.17) is 9.84 Å². The van der Waals surface area contributed by atoms with E-state index in [1.165, 1.54) is 0 Å². The highest BCUT2D eigenvalue weighted by molar-refractivity contribution is 5.69. The summed E-state index contributed by atoms with van der Waals surface area (Å²) in [5, 5.41) is 8.88. The van der Waals surface area contributed by atoms with Crippen molar-refractivity contribution in [2.75, 3.05) is 6.61 Å². The summed E-state index contributed by atoms with van der Waals surface area (Å²) in [4.78, 5) is 26.4. The smallest absolute Gasteiger partial charge is 0.306 e. The molecular formula is C18H22N2O4. The largest absolute Gasteiger partial charge is 0.481 e. The van der Waals surface area contributed by atoms with Gasteiger partial charge in [0.2, 0.25) is 0 Å². The van der Waals surface area contributed by atoms with Crippen LogP contribution in [-0.4, -0.2) is 33.2 Å². The number of carboxylic acid groups (broad SMARTS) is 1. The molecule has 1 aromatic heterocycles. The van der Waals surface area contributed by atoms with Crippen molar-refractivity contribution in [2.45, 2.75) is 39.2 Å². The average Bonchev–Trinajstić information content (AvgIpc) is 3.04. The van der Waals surface area contributed by atoms with Crippen molar-refractivity contribution >= 4 is 11.9 Å². The van der Waals surface area contributed by atoms with E-state index < -0.39 is 5.97 Å². The summed E-state index contributed by atoms with van der Waals surface area (Å²) in [7, 11) is 0. The number of rotatable bonds is 9. The van der Waals surface area contributed by atoms with Gasteiger partial charge in [0.1, 0.15) is 0 Å². The third kappa shape index (κ3) is 5.87. The van der Waals surface area contributed by atoms with Crippen LogP contribution in [-0.2, 0) is 33.7 Å². The van der Waals surface area contributed by atoms with Crippen molar-refractivity contribution in [1.82, 2.24) is 9.55 Å². The molecule has 2 rings (SSSR count). The van der Waals surface area contributed by atoms with Gasteiger partial charge in [-0.05, 0) is 36.5 Å². The number of hydrogen-bond donors (Lipinski definition) is 1. The summed E-state index contributed by atoms with van der Waals surface area (Å²) in [6, 6.07) is 6.03. The Hall–Kier alpha value is -2.63. The van der Waals surface area contributed by atoms with Crippen LogP contribution in [0.5, 0.6) is 0 Å². The molecule has 0 aliphatic heterocycles. The Morgan fingerprint density at radius 2 is 1.79 bits per heavy atom. The van der Waals surface area contributed by atoms with Crippen molar-refractivity contribution in [2.24, 2.45) is 0 Å². The number of carbonyl (C=O) groups excluding carboxylic acids is 1. The zero-order valence-corrected chi connectivity index (χ0v) is 13.8. The first kappa shape index (κ1) is 17.7. The van der Waals surface area contributed by atoms with E-state index in [9.17, 15) is 9.59 Å². The molecule has 0 atom stereocenters. The number of esters is 1. The molecule has 0 saturated heterocycles. The lowest BCUT2D eigenvalue weighted by molar-refractivity contribution is -0.143. The Labute approximate surface area is 141 Å². The van der Waals surface area contributed by atoms with Gasteiger partial charge < -0.3 is 14.4 Å². The second-order valence-electron chi connectivity index (χ2n) is 5.59. The van der Waals surface area contributed by atoms with E-state index in [2.05, 4.69) is 4.98 Å². The fourth-order valence-electron chi connectivity index (χ4n) is 2.54. The molecule has 0 fully saturated rings. The molecule has 0 bridgehead atoms. The van der Waals surface area contributed by atoms with Crippen molar-refractivity contribution in [3.05, 3.63) is 53.6 Å². The SMILES string of the molecule is CCOC(=O)CCc1cc(CCC(=O)O)cc(Cn2ccnc2)c1. The summed E-state index contributed by atoms with van der Waals surface area (Å²) in [5.74, 6) is -1.03. The van der Waals surface area contributed by atoms with E-state index >= 15 is 0 Å². The Bertz CT molecular complexity index is 680. The monoisotopic (exact) mass is 330 g/mol. The number of aliphatic carboxylic acids is 1. The topological polar surface area (TPSA) is 81.4 Å². The van der Waals surface area contributed by atoms with Gasteiger partial charge in [-0.25, -0.2) is 4.98 Å². The highest BCUT2D eigenvalue weighted by Crippen LogP contribution is 2.16. The standard InChI is InChI=1S/C18H22N2O4/c1-2-24-18(23)6-4-15-9-14(3-5-17(21)22)10-16(11-15)12-20-8-7-19-13-20/h7-11,13H,2-6,12H2,1H3,(H,21,22). The second-order valence-corrected chi connectivity index (χ2v) is 5.59. The first-order chi connectivity index (χ1) is 11.6. The Kier molecular flexibility index (Phi) is 6.54. The Morgan fingerprint density at radius 1 is 1.12 bits per heavy atom. The maximum absolute atomic E-state index is 11.5. The number of carboxylic acids is 1. The zero-order chi connectivity index (χ0) is 17.4. The van der Waals surface area contributed by atoms with Gasteiger partial charge in [-0.15, -0.1) is 0 Å². The minimum Gasteiger partial charge on any atom is -0.481 e. The van der Waals surface area contributed by atoms with Crippen molar-refractivity contribution in [1.29, 1.82) is 0 Å². The van der Waals surface area contributed by atoms with Gasteiger partial charge >= 0.3 is 11.9 Å². The summed E-state index contributed by atoms with van der Waals surface area (Å²) in [6.45, 7) is 2.82. The van der Waals surface area contributed by atoms with Crippen LogP contribution in [0.4, 0.5) is 0 Å². The minimum atomic E-state index is -0.817. The Morgan fingerprint density at radius 3 is 2.38 bits per heavy atom. The normalized spacial score (nSPS) is 10.5. The third-order valence-electron chi connectivity index (χ3n) is 3.59. The lowest BCUT2D eigenvalue weighted by Gasteiger charge is -2.10. The molecule has 0 unspecified atom stereocenters. The second kappa shape index (κ2) is 8.86. The molecule has 1 heterocycles. The lowest BCUT2D eigenvalue weighted by Crippen LogP contribution is -2.06. The predicted octanol–water partition coefficient (Wildman–Crippen LogP) is 2.44. The minimum absolute atomic E-state index is 0.0891. The highest BCUT2D eigenvalue weighted by Gasteiger charge is 2.07. The highest BCUT2D eigenvalue weighted by atomic mass is 16.5. The third-order valence-corrected chi connectivity index (χ3v) is 3.59. The number of benzene rings is 1. The van der Waals surface area contributed by atoms with Crippen LogP contribution in [0.1, 0.15) is 36.5 Å². The molecule has 6 nitrogen and oxygen atoms in total.